The summed E-state index contributed by atoms with van der Waals surface area (Å²) in [4.78, 5) is 12.1. The summed E-state index contributed by atoms with van der Waals surface area (Å²) >= 11 is 23.0. The highest BCUT2D eigenvalue weighted by molar-refractivity contribution is 7.80. The number of benzene rings is 1. The summed E-state index contributed by atoms with van der Waals surface area (Å²) in [6, 6.07) is 9.30. The van der Waals surface area contributed by atoms with Crippen LogP contribution in [0, 0.1) is 5.41 Å². The zero-order chi connectivity index (χ0) is 17.7. The third-order valence-electron chi connectivity index (χ3n) is 2.63. The van der Waals surface area contributed by atoms with Crippen LogP contribution in [-0.4, -0.2) is 21.0 Å². The zero-order valence-electron chi connectivity index (χ0n) is 13.1. The maximum absolute atomic E-state index is 12.1. The van der Waals surface area contributed by atoms with E-state index < -0.39 is 9.96 Å². The van der Waals surface area contributed by atoms with Crippen LogP contribution in [0.3, 0.4) is 0 Å². The summed E-state index contributed by atoms with van der Waals surface area (Å²) in [5.74, 6) is -0.233. The van der Waals surface area contributed by atoms with Gasteiger partial charge in [0.25, 0.3) is 0 Å². The molecule has 0 radical (unpaired) electrons. The van der Waals surface area contributed by atoms with Crippen molar-refractivity contribution in [2.75, 3.05) is 5.32 Å². The van der Waals surface area contributed by atoms with Gasteiger partial charge in [0.15, 0.2) is 5.11 Å². The summed E-state index contributed by atoms with van der Waals surface area (Å²) in [6.07, 6.45) is -0.656. The monoisotopic (exact) mass is 395 g/mol. The van der Waals surface area contributed by atoms with Crippen LogP contribution < -0.4 is 16.0 Å². The Morgan fingerprint density at radius 2 is 1.70 bits per heavy atom. The largest absolute Gasteiger partial charge is 0.339 e. The second-order valence-corrected chi connectivity index (χ2v) is 9.02. The van der Waals surface area contributed by atoms with Crippen LogP contribution >= 0.6 is 47.0 Å². The SMILES string of the molecule is CC(C)(C)CC(=O)N[C@H](NC(=S)Nc1ccccc1)C(Cl)(Cl)Cl. The van der Waals surface area contributed by atoms with E-state index in [1.165, 1.54) is 0 Å². The Labute approximate surface area is 157 Å². The topological polar surface area (TPSA) is 53.2 Å². The van der Waals surface area contributed by atoms with Gasteiger partial charge in [-0.15, -0.1) is 0 Å². The van der Waals surface area contributed by atoms with Gasteiger partial charge in [0.1, 0.15) is 6.17 Å². The predicted molar refractivity (Wildman–Crippen MR) is 102 cm³/mol. The smallest absolute Gasteiger partial charge is 0.228 e. The van der Waals surface area contributed by atoms with Gasteiger partial charge in [-0.2, -0.15) is 0 Å². The van der Waals surface area contributed by atoms with Crippen LogP contribution in [0.25, 0.3) is 0 Å². The van der Waals surface area contributed by atoms with Crippen molar-refractivity contribution in [1.29, 1.82) is 0 Å². The van der Waals surface area contributed by atoms with Crippen LogP contribution in [0.2, 0.25) is 0 Å². The number of carbonyl (C=O) groups excluding carboxylic acids is 1. The highest BCUT2D eigenvalue weighted by atomic mass is 35.6. The molecule has 0 aliphatic carbocycles. The van der Waals surface area contributed by atoms with Crippen molar-refractivity contribution in [2.24, 2.45) is 5.41 Å². The number of alkyl halides is 3. The number of amides is 1. The third kappa shape index (κ3) is 8.61. The van der Waals surface area contributed by atoms with Crippen LogP contribution in [0.5, 0.6) is 0 Å². The molecule has 0 bridgehead atoms. The van der Waals surface area contributed by atoms with E-state index in [1.54, 1.807) is 0 Å². The lowest BCUT2D eigenvalue weighted by Crippen LogP contribution is -2.56. The highest BCUT2D eigenvalue weighted by Crippen LogP contribution is 2.29. The molecule has 0 aliphatic heterocycles. The Kier molecular flexibility index (Phi) is 7.39. The summed E-state index contributed by atoms with van der Waals surface area (Å²) < 4.78 is -1.75. The first-order valence-corrected chi connectivity index (χ1v) is 8.50. The van der Waals surface area contributed by atoms with Gasteiger partial charge in [-0.05, 0) is 29.8 Å². The summed E-state index contributed by atoms with van der Waals surface area (Å²) in [7, 11) is 0. The molecule has 0 saturated carbocycles. The van der Waals surface area contributed by atoms with Crippen LogP contribution in [0.15, 0.2) is 30.3 Å². The number of rotatable bonds is 4. The molecule has 0 heterocycles. The molecule has 3 N–H and O–H groups in total. The van der Waals surface area contributed by atoms with Crippen LogP contribution in [0.4, 0.5) is 5.69 Å². The first-order valence-electron chi connectivity index (χ1n) is 6.96. The van der Waals surface area contributed by atoms with Gasteiger partial charge >= 0.3 is 0 Å². The molecule has 1 aromatic carbocycles. The van der Waals surface area contributed by atoms with E-state index >= 15 is 0 Å². The normalized spacial score (nSPS) is 13.1. The molecule has 8 heteroatoms. The Hall–Kier alpha value is -0.750. The summed E-state index contributed by atoms with van der Waals surface area (Å²) in [6.45, 7) is 5.85. The summed E-state index contributed by atoms with van der Waals surface area (Å²) in [5, 5.41) is 8.67. The van der Waals surface area contributed by atoms with Crippen molar-refractivity contribution in [1.82, 2.24) is 10.6 Å². The third-order valence-corrected chi connectivity index (χ3v) is 3.51. The van der Waals surface area contributed by atoms with E-state index in [1.807, 2.05) is 51.1 Å². The number of para-hydroxylation sites is 1. The number of carbonyl (C=O) groups is 1. The molecular weight excluding hydrogens is 377 g/mol. The molecule has 0 unspecified atom stereocenters. The quantitative estimate of drug-likeness (QED) is 0.405. The van der Waals surface area contributed by atoms with E-state index in [-0.39, 0.29) is 16.4 Å². The number of halogens is 3. The first kappa shape index (κ1) is 20.3. The molecule has 1 amide bonds. The molecule has 0 aromatic heterocycles. The van der Waals surface area contributed by atoms with Crippen molar-refractivity contribution in [3.05, 3.63) is 30.3 Å². The Morgan fingerprint density at radius 1 is 1.13 bits per heavy atom. The molecule has 1 rings (SSSR count). The number of hydrogen-bond acceptors (Lipinski definition) is 2. The number of anilines is 1. The number of hydrogen-bond donors (Lipinski definition) is 3. The Balaban J connectivity index is 2.68. The van der Waals surface area contributed by atoms with E-state index in [9.17, 15) is 4.79 Å². The fourth-order valence-electron chi connectivity index (χ4n) is 1.71. The maximum Gasteiger partial charge on any atom is 0.228 e. The lowest BCUT2D eigenvalue weighted by atomic mass is 9.92. The Morgan fingerprint density at radius 3 is 2.17 bits per heavy atom. The first-order chi connectivity index (χ1) is 10.5. The van der Waals surface area contributed by atoms with Gasteiger partial charge in [-0.25, -0.2) is 0 Å². The maximum atomic E-state index is 12.1. The predicted octanol–water partition coefficient (Wildman–Crippen LogP) is 4.22. The standard InChI is InChI=1S/C15H20Cl3N3OS/c1-14(2,3)9-11(22)20-12(15(16,17)18)21-13(23)19-10-7-5-4-6-8-10/h4-8,12H,9H2,1-3H3,(H,20,22)(H2,19,21,23)/t12-/m1/s1. The second kappa shape index (κ2) is 8.38. The van der Waals surface area contributed by atoms with E-state index in [0.29, 0.717) is 6.42 Å². The average Bonchev–Trinajstić information content (AvgIpc) is 2.35. The summed E-state index contributed by atoms with van der Waals surface area (Å²) in [5.41, 5.74) is 0.611. The second-order valence-electron chi connectivity index (χ2n) is 6.24. The van der Waals surface area contributed by atoms with Gasteiger partial charge in [-0.1, -0.05) is 73.8 Å². The van der Waals surface area contributed by atoms with Crippen molar-refractivity contribution >= 4 is 63.7 Å². The van der Waals surface area contributed by atoms with Gasteiger partial charge in [-0.3, -0.25) is 4.79 Å². The Bertz CT molecular complexity index is 541. The molecule has 0 aliphatic rings. The minimum Gasteiger partial charge on any atom is -0.339 e. The highest BCUT2D eigenvalue weighted by Gasteiger charge is 2.35. The van der Waals surface area contributed by atoms with Crippen LogP contribution in [-0.2, 0) is 4.79 Å². The molecule has 0 fully saturated rings. The molecule has 23 heavy (non-hydrogen) atoms. The van der Waals surface area contributed by atoms with Crippen molar-refractivity contribution in [3.63, 3.8) is 0 Å². The van der Waals surface area contributed by atoms with Crippen LogP contribution in [0.1, 0.15) is 27.2 Å². The number of thiocarbonyl (C=S) groups is 1. The van der Waals surface area contributed by atoms with Crippen molar-refractivity contribution in [3.8, 4) is 0 Å². The molecule has 4 nitrogen and oxygen atoms in total. The van der Waals surface area contributed by atoms with Gasteiger partial charge in [0.05, 0.1) is 0 Å². The van der Waals surface area contributed by atoms with E-state index in [2.05, 4.69) is 16.0 Å². The molecule has 0 saturated heterocycles. The lowest BCUT2D eigenvalue weighted by molar-refractivity contribution is -0.123. The fourth-order valence-corrected chi connectivity index (χ4v) is 2.28. The lowest BCUT2D eigenvalue weighted by Gasteiger charge is -2.29. The minimum atomic E-state index is -1.75. The van der Waals surface area contributed by atoms with Gasteiger partial charge in [0.2, 0.25) is 9.70 Å². The zero-order valence-corrected chi connectivity index (χ0v) is 16.2. The molecular formula is C15H20Cl3N3OS. The fraction of sp³-hybridized carbons (Fsp3) is 0.467. The molecule has 0 spiro atoms. The van der Waals surface area contributed by atoms with Gasteiger partial charge < -0.3 is 16.0 Å². The average molecular weight is 397 g/mol. The van der Waals surface area contributed by atoms with E-state index in [4.69, 9.17) is 47.0 Å². The number of nitrogens with one attached hydrogen (secondary N) is 3. The van der Waals surface area contributed by atoms with Crippen molar-refractivity contribution < 1.29 is 4.79 Å². The van der Waals surface area contributed by atoms with Crippen molar-refractivity contribution in [2.45, 2.75) is 37.2 Å². The van der Waals surface area contributed by atoms with E-state index in [0.717, 1.165) is 5.69 Å². The molecule has 128 valence electrons. The minimum absolute atomic E-state index is 0.176. The van der Waals surface area contributed by atoms with Gasteiger partial charge in [0, 0.05) is 12.1 Å². The molecule has 1 aromatic rings. The molecule has 1 atom stereocenters.